The van der Waals surface area contributed by atoms with Crippen LogP contribution in [0, 0.1) is 0 Å². The number of hydrogen-bond acceptors (Lipinski definition) is 3. The van der Waals surface area contributed by atoms with Crippen LogP contribution in [0.4, 0.5) is 5.69 Å². The van der Waals surface area contributed by atoms with Crippen LogP contribution < -0.4 is 16.2 Å². The van der Waals surface area contributed by atoms with Gasteiger partial charge in [0.1, 0.15) is 0 Å². The smallest absolute Gasteiger partial charge is 0.0361 e. The second kappa shape index (κ2) is 5.80. The first kappa shape index (κ1) is 12.2. The molecule has 0 amide bonds. The number of nitrogens with two attached hydrogens (primary N) is 1. The summed E-state index contributed by atoms with van der Waals surface area (Å²) in [5.74, 6) is 5.20. The average molecular weight is 202 g/mol. The standard InChI is InChI=1S/C9H15N3.ClH/c1-12(2)9-5-3-8(4-6-9)7-11-10;/h3-6,11H,7,10H2,1-2H3;1H. The summed E-state index contributed by atoms with van der Waals surface area (Å²) in [6.45, 7) is 0.716. The Morgan fingerprint density at radius 2 is 1.77 bits per heavy atom. The zero-order chi connectivity index (χ0) is 8.97. The van der Waals surface area contributed by atoms with Crippen molar-refractivity contribution < 1.29 is 0 Å². The van der Waals surface area contributed by atoms with Gasteiger partial charge >= 0.3 is 0 Å². The van der Waals surface area contributed by atoms with E-state index in [4.69, 9.17) is 5.84 Å². The molecule has 1 aromatic rings. The van der Waals surface area contributed by atoms with E-state index in [0.717, 1.165) is 0 Å². The first-order chi connectivity index (χ1) is 5.74. The molecular formula is C9H16ClN3. The summed E-state index contributed by atoms with van der Waals surface area (Å²) in [6.07, 6.45) is 0. The minimum Gasteiger partial charge on any atom is -0.378 e. The van der Waals surface area contributed by atoms with E-state index in [2.05, 4.69) is 34.6 Å². The fourth-order valence-electron chi connectivity index (χ4n) is 1.03. The van der Waals surface area contributed by atoms with Crippen LogP contribution in [-0.2, 0) is 6.54 Å². The van der Waals surface area contributed by atoms with Gasteiger partial charge in [0.05, 0.1) is 0 Å². The molecular weight excluding hydrogens is 186 g/mol. The maximum Gasteiger partial charge on any atom is 0.0361 e. The number of nitrogens with one attached hydrogen (secondary N) is 1. The van der Waals surface area contributed by atoms with Gasteiger partial charge in [-0.15, -0.1) is 12.4 Å². The summed E-state index contributed by atoms with van der Waals surface area (Å²) in [7, 11) is 4.05. The largest absolute Gasteiger partial charge is 0.378 e. The molecule has 0 radical (unpaired) electrons. The Kier molecular flexibility index (Phi) is 5.46. The van der Waals surface area contributed by atoms with Gasteiger partial charge in [0.25, 0.3) is 0 Å². The molecule has 0 aromatic heterocycles. The summed E-state index contributed by atoms with van der Waals surface area (Å²) >= 11 is 0. The molecule has 0 bridgehead atoms. The highest BCUT2D eigenvalue weighted by molar-refractivity contribution is 5.85. The second-order valence-electron chi connectivity index (χ2n) is 2.94. The maximum atomic E-state index is 5.20. The molecule has 3 N–H and O–H groups in total. The topological polar surface area (TPSA) is 41.3 Å². The van der Waals surface area contributed by atoms with Gasteiger partial charge < -0.3 is 4.90 Å². The van der Waals surface area contributed by atoms with Crippen LogP contribution in [0.5, 0.6) is 0 Å². The van der Waals surface area contributed by atoms with Crippen molar-refractivity contribution in [1.29, 1.82) is 0 Å². The first-order valence-electron chi connectivity index (χ1n) is 3.94. The van der Waals surface area contributed by atoms with Gasteiger partial charge in [-0.05, 0) is 17.7 Å². The van der Waals surface area contributed by atoms with Crippen LogP contribution in [0.2, 0.25) is 0 Å². The number of benzene rings is 1. The quantitative estimate of drug-likeness (QED) is 0.569. The number of hydrogen-bond donors (Lipinski definition) is 2. The second-order valence-corrected chi connectivity index (χ2v) is 2.94. The Balaban J connectivity index is 0.00000144. The lowest BCUT2D eigenvalue weighted by atomic mass is 10.2. The Morgan fingerprint density at radius 1 is 1.23 bits per heavy atom. The minimum absolute atomic E-state index is 0. The zero-order valence-corrected chi connectivity index (χ0v) is 8.77. The number of rotatable bonds is 3. The van der Waals surface area contributed by atoms with Crippen molar-refractivity contribution in [3.05, 3.63) is 29.8 Å². The molecule has 1 rings (SSSR count). The third kappa shape index (κ3) is 3.63. The number of anilines is 1. The Bertz CT molecular complexity index is 233. The van der Waals surface area contributed by atoms with Crippen LogP contribution in [0.25, 0.3) is 0 Å². The lowest BCUT2D eigenvalue weighted by Crippen LogP contribution is -2.20. The van der Waals surface area contributed by atoms with Crippen molar-refractivity contribution in [2.75, 3.05) is 19.0 Å². The fourth-order valence-corrected chi connectivity index (χ4v) is 1.03. The first-order valence-corrected chi connectivity index (χ1v) is 3.94. The SMILES string of the molecule is CN(C)c1ccc(CNN)cc1.Cl. The molecule has 0 heterocycles. The van der Waals surface area contributed by atoms with E-state index in [0.29, 0.717) is 6.54 Å². The predicted octanol–water partition coefficient (Wildman–Crippen LogP) is 1.14. The van der Waals surface area contributed by atoms with E-state index >= 15 is 0 Å². The van der Waals surface area contributed by atoms with Crippen molar-refractivity contribution in [2.45, 2.75) is 6.54 Å². The highest BCUT2D eigenvalue weighted by Gasteiger charge is 1.94. The van der Waals surface area contributed by atoms with Crippen molar-refractivity contribution in [3.63, 3.8) is 0 Å². The van der Waals surface area contributed by atoms with Gasteiger partial charge in [0.15, 0.2) is 0 Å². The van der Waals surface area contributed by atoms with Gasteiger partial charge in [-0.1, -0.05) is 12.1 Å². The maximum absolute atomic E-state index is 5.20. The van der Waals surface area contributed by atoms with Crippen molar-refractivity contribution in [1.82, 2.24) is 5.43 Å². The lowest BCUT2D eigenvalue weighted by Gasteiger charge is -2.12. The Hall–Kier alpha value is -0.770. The van der Waals surface area contributed by atoms with Gasteiger partial charge in [0, 0.05) is 26.3 Å². The summed E-state index contributed by atoms with van der Waals surface area (Å²) in [6, 6.07) is 8.28. The van der Waals surface area contributed by atoms with Crippen LogP contribution in [0.3, 0.4) is 0 Å². The third-order valence-electron chi connectivity index (χ3n) is 1.76. The van der Waals surface area contributed by atoms with Crippen LogP contribution in [-0.4, -0.2) is 14.1 Å². The lowest BCUT2D eigenvalue weighted by molar-refractivity contribution is 0.741. The predicted molar refractivity (Wildman–Crippen MR) is 59.0 cm³/mol. The van der Waals surface area contributed by atoms with Gasteiger partial charge in [-0.25, -0.2) is 0 Å². The molecule has 3 nitrogen and oxygen atoms in total. The summed E-state index contributed by atoms with van der Waals surface area (Å²) in [5, 5.41) is 0. The zero-order valence-electron chi connectivity index (χ0n) is 7.95. The van der Waals surface area contributed by atoms with Crippen LogP contribution in [0.1, 0.15) is 5.56 Å². The van der Waals surface area contributed by atoms with E-state index in [1.165, 1.54) is 11.3 Å². The number of halogens is 1. The van der Waals surface area contributed by atoms with E-state index in [9.17, 15) is 0 Å². The number of hydrazine groups is 1. The molecule has 13 heavy (non-hydrogen) atoms. The molecule has 0 saturated carbocycles. The van der Waals surface area contributed by atoms with Crippen LogP contribution >= 0.6 is 12.4 Å². The van der Waals surface area contributed by atoms with Crippen molar-refractivity contribution in [2.24, 2.45) is 5.84 Å². The molecule has 0 aliphatic carbocycles. The summed E-state index contributed by atoms with van der Waals surface area (Å²) in [5.41, 5.74) is 5.02. The normalized spacial score (nSPS) is 9.15. The summed E-state index contributed by atoms with van der Waals surface area (Å²) < 4.78 is 0. The molecule has 0 unspecified atom stereocenters. The molecule has 0 aliphatic heterocycles. The average Bonchev–Trinajstić information content (AvgIpc) is 2.06. The Morgan fingerprint density at radius 3 is 2.15 bits per heavy atom. The molecule has 0 spiro atoms. The molecule has 4 heteroatoms. The molecule has 74 valence electrons. The van der Waals surface area contributed by atoms with E-state index < -0.39 is 0 Å². The summed E-state index contributed by atoms with van der Waals surface area (Å²) in [4.78, 5) is 2.07. The highest BCUT2D eigenvalue weighted by atomic mass is 35.5. The highest BCUT2D eigenvalue weighted by Crippen LogP contribution is 2.11. The van der Waals surface area contributed by atoms with E-state index in [1.54, 1.807) is 0 Å². The van der Waals surface area contributed by atoms with Crippen molar-refractivity contribution in [3.8, 4) is 0 Å². The Labute approximate surface area is 85.3 Å². The molecule has 0 atom stereocenters. The van der Waals surface area contributed by atoms with Gasteiger partial charge in [0.2, 0.25) is 0 Å². The molecule has 1 aromatic carbocycles. The van der Waals surface area contributed by atoms with E-state index in [-0.39, 0.29) is 12.4 Å². The van der Waals surface area contributed by atoms with Gasteiger partial charge in [-0.2, -0.15) is 0 Å². The van der Waals surface area contributed by atoms with Crippen LogP contribution in [0.15, 0.2) is 24.3 Å². The monoisotopic (exact) mass is 201 g/mol. The minimum atomic E-state index is 0. The fraction of sp³-hybridized carbons (Fsp3) is 0.333. The van der Waals surface area contributed by atoms with Crippen molar-refractivity contribution >= 4 is 18.1 Å². The molecule has 0 aliphatic rings. The molecule has 0 fully saturated rings. The number of nitrogens with zero attached hydrogens (tertiary/aromatic N) is 1. The molecule has 0 saturated heterocycles. The van der Waals surface area contributed by atoms with E-state index in [1.807, 2.05) is 14.1 Å². The third-order valence-corrected chi connectivity index (χ3v) is 1.76. The van der Waals surface area contributed by atoms with Gasteiger partial charge in [-0.3, -0.25) is 11.3 Å².